The van der Waals surface area contributed by atoms with Gasteiger partial charge in [0.1, 0.15) is 0 Å². The quantitative estimate of drug-likeness (QED) is 0.746. The Morgan fingerprint density at radius 2 is 1.95 bits per heavy atom. The van der Waals surface area contributed by atoms with Crippen molar-refractivity contribution < 1.29 is 4.79 Å². The molecule has 4 heteroatoms. The molecule has 1 aromatic carbocycles. The average Bonchev–Trinajstić information content (AvgIpc) is 2.59. The van der Waals surface area contributed by atoms with Gasteiger partial charge in [-0.2, -0.15) is 11.8 Å². The Morgan fingerprint density at radius 3 is 2.64 bits per heavy atom. The molecule has 0 unspecified atom stereocenters. The predicted octanol–water partition coefficient (Wildman–Crippen LogP) is 4.09. The summed E-state index contributed by atoms with van der Waals surface area (Å²) in [5.41, 5.74) is 1.72. The van der Waals surface area contributed by atoms with Gasteiger partial charge < -0.3 is 5.32 Å². The van der Waals surface area contributed by atoms with Crippen LogP contribution in [0.2, 0.25) is 0 Å². The smallest absolute Gasteiger partial charge is 0.251 e. The van der Waals surface area contributed by atoms with Gasteiger partial charge in [0.2, 0.25) is 0 Å². The molecule has 116 valence electrons. The first-order valence-electron chi connectivity index (χ1n) is 7.67. The highest BCUT2D eigenvalue weighted by Gasteiger charge is 2.15. The van der Waals surface area contributed by atoms with E-state index < -0.39 is 0 Å². The first-order valence-corrected chi connectivity index (χ1v) is 8.72. The predicted molar refractivity (Wildman–Crippen MR) is 93.1 cm³/mol. The number of nitrogens with one attached hydrogen (secondary N) is 1. The topological polar surface area (TPSA) is 42.0 Å². The van der Waals surface area contributed by atoms with E-state index in [0.717, 1.165) is 11.4 Å². The van der Waals surface area contributed by atoms with Gasteiger partial charge in [-0.3, -0.25) is 9.78 Å². The highest BCUT2D eigenvalue weighted by molar-refractivity contribution is 7.99. The van der Waals surface area contributed by atoms with E-state index in [1.807, 2.05) is 66.5 Å². The van der Waals surface area contributed by atoms with E-state index in [9.17, 15) is 4.79 Å². The highest BCUT2D eigenvalue weighted by atomic mass is 32.2. The lowest BCUT2D eigenvalue weighted by Gasteiger charge is -2.17. The summed E-state index contributed by atoms with van der Waals surface area (Å²) < 4.78 is 0. The molecule has 0 bridgehead atoms. The van der Waals surface area contributed by atoms with Crippen molar-refractivity contribution in [3.63, 3.8) is 0 Å². The summed E-state index contributed by atoms with van der Waals surface area (Å²) in [5, 5.41) is 3.22. The first-order chi connectivity index (χ1) is 10.8. The lowest BCUT2D eigenvalue weighted by Crippen LogP contribution is -2.27. The molecule has 2 aromatic rings. The Labute approximate surface area is 136 Å². The molecular weight excluding hydrogens is 292 g/mol. The largest absolute Gasteiger partial charge is 0.351 e. The van der Waals surface area contributed by atoms with Crippen LogP contribution < -0.4 is 5.32 Å². The summed E-state index contributed by atoms with van der Waals surface area (Å²) in [6, 6.07) is 15.3. The molecule has 2 rings (SSSR count). The Morgan fingerprint density at radius 1 is 1.18 bits per heavy atom. The van der Waals surface area contributed by atoms with Gasteiger partial charge in [-0.25, -0.2) is 0 Å². The van der Waals surface area contributed by atoms with E-state index in [2.05, 4.69) is 17.2 Å². The Bertz CT molecular complexity index is 560. The minimum Gasteiger partial charge on any atom is -0.351 e. The maximum Gasteiger partial charge on any atom is 0.251 e. The van der Waals surface area contributed by atoms with Crippen LogP contribution >= 0.6 is 11.8 Å². The molecule has 1 aromatic heterocycles. The fraction of sp³-hybridized carbons (Fsp3) is 0.333. The standard InChI is InChI=1S/C18H22N2OS/c1-2-3-13-22-17(16-11-7-8-12-19-16)14-20-18(21)15-9-5-4-6-10-15/h4-12,17H,2-3,13-14H2,1H3,(H,20,21)/t17-/m1/s1. The zero-order chi connectivity index (χ0) is 15.6. The van der Waals surface area contributed by atoms with E-state index in [4.69, 9.17) is 0 Å². The van der Waals surface area contributed by atoms with Crippen molar-refractivity contribution in [1.29, 1.82) is 0 Å². The summed E-state index contributed by atoms with van der Waals surface area (Å²) in [7, 11) is 0. The summed E-state index contributed by atoms with van der Waals surface area (Å²) in [5.74, 6) is 1.05. The van der Waals surface area contributed by atoms with Crippen LogP contribution in [0.25, 0.3) is 0 Å². The van der Waals surface area contributed by atoms with Crippen LogP contribution in [0.5, 0.6) is 0 Å². The first kappa shape index (κ1) is 16.6. The van der Waals surface area contributed by atoms with Crippen LogP contribution in [0, 0.1) is 0 Å². The second-order valence-corrected chi connectivity index (χ2v) is 6.35. The second kappa shape index (κ2) is 9.26. The van der Waals surface area contributed by atoms with Crippen LogP contribution in [-0.2, 0) is 0 Å². The van der Waals surface area contributed by atoms with Gasteiger partial charge in [0, 0.05) is 18.3 Å². The van der Waals surface area contributed by atoms with Crippen molar-refractivity contribution in [2.75, 3.05) is 12.3 Å². The van der Waals surface area contributed by atoms with Gasteiger partial charge in [-0.1, -0.05) is 37.6 Å². The number of unbranched alkanes of at least 4 members (excludes halogenated alkanes) is 1. The molecule has 1 heterocycles. The molecule has 0 saturated heterocycles. The second-order valence-electron chi connectivity index (χ2n) is 5.04. The van der Waals surface area contributed by atoms with Crippen LogP contribution in [-0.4, -0.2) is 23.2 Å². The van der Waals surface area contributed by atoms with Gasteiger partial charge in [-0.15, -0.1) is 0 Å². The molecule has 0 radical (unpaired) electrons. The molecule has 1 atom stereocenters. The molecule has 0 aliphatic carbocycles. The van der Waals surface area contributed by atoms with Crippen molar-refractivity contribution in [2.24, 2.45) is 0 Å². The van der Waals surface area contributed by atoms with Crippen LogP contribution in [0.15, 0.2) is 54.7 Å². The maximum absolute atomic E-state index is 12.2. The molecule has 3 nitrogen and oxygen atoms in total. The third-order valence-electron chi connectivity index (χ3n) is 3.32. The summed E-state index contributed by atoms with van der Waals surface area (Å²) >= 11 is 1.86. The van der Waals surface area contributed by atoms with E-state index >= 15 is 0 Å². The number of aromatic nitrogens is 1. The zero-order valence-electron chi connectivity index (χ0n) is 12.9. The third kappa shape index (κ3) is 5.19. The van der Waals surface area contributed by atoms with Crippen molar-refractivity contribution in [3.05, 3.63) is 66.0 Å². The lowest BCUT2D eigenvalue weighted by atomic mass is 10.2. The van der Waals surface area contributed by atoms with E-state index in [1.165, 1.54) is 12.8 Å². The minimum absolute atomic E-state index is 0.0300. The molecule has 0 fully saturated rings. The average molecular weight is 314 g/mol. The number of carbonyl (C=O) groups is 1. The minimum atomic E-state index is -0.0300. The number of carbonyl (C=O) groups excluding carboxylic acids is 1. The number of hydrogen-bond acceptors (Lipinski definition) is 3. The maximum atomic E-state index is 12.2. The number of nitrogens with zero attached hydrogens (tertiary/aromatic N) is 1. The number of hydrogen-bond donors (Lipinski definition) is 1. The molecule has 1 amide bonds. The Hall–Kier alpha value is -1.81. The van der Waals surface area contributed by atoms with Crippen molar-refractivity contribution in [2.45, 2.75) is 25.0 Å². The van der Waals surface area contributed by atoms with Gasteiger partial charge >= 0.3 is 0 Å². The molecule has 0 spiro atoms. The number of rotatable bonds is 8. The number of amides is 1. The molecular formula is C18H22N2OS. The summed E-state index contributed by atoms with van der Waals surface area (Å²) in [4.78, 5) is 16.6. The monoisotopic (exact) mass is 314 g/mol. The van der Waals surface area contributed by atoms with Gasteiger partial charge in [0.05, 0.1) is 10.9 Å². The van der Waals surface area contributed by atoms with Crippen molar-refractivity contribution in [1.82, 2.24) is 10.3 Å². The zero-order valence-corrected chi connectivity index (χ0v) is 13.7. The van der Waals surface area contributed by atoms with E-state index in [0.29, 0.717) is 12.1 Å². The summed E-state index contributed by atoms with van der Waals surface area (Å²) in [6.45, 7) is 2.78. The van der Waals surface area contributed by atoms with Gasteiger partial charge in [0.25, 0.3) is 5.91 Å². The number of benzene rings is 1. The fourth-order valence-corrected chi connectivity index (χ4v) is 3.31. The van der Waals surface area contributed by atoms with E-state index in [1.54, 1.807) is 0 Å². The normalized spacial score (nSPS) is 11.9. The molecule has 0 aliphatic rings. The van der Waals surface area contributed by atoms with Crippen molar-refractivity contribution >= 4 is 17.7 Å². The van der Waals surface area contributed by atoms with Crippen LogP contribution in [0.3, 0.4) is 0 Å². The van der Waals surface area contributed by atoms with E-state index in [-0.39, 0.29) is 11.2 Å². The lowest BCUT2D eigenvalue weighted by molar-refractivity contribution is 0.0953. The van der Waals surface area contributed by atoms with Crippen LogP contribution in [0.1, 0.15) is 41.1 Å². The summed E-state index contributed by atoms with van der Waals surface area (Å²) in [6.07, 6.45) is 4.17. The molecule has 0 aliphatic heterocycles. The molecule has 1 N–H and O–H groups in total. The van der Waals surface area contributed by atoms with Gasteiger partial charge in [-0.05, 0) is 36.4 Å². The molecule has 0 saturated carbocycles. The number of thioether (sulfide) groups is 1. The number of pyridine rings is 1. The van der Waals surface area contributed by atoms with Crippen molar-refractivity contribution in [3.8, 4) is 0 Å². The SMILES string of the molecule is CCCCS[C@H](CNC(=O)c1ccccc1)c1ccccn1. The van der Waals surface area contributed by atoms with Crippen LogP contribution in [0.4, 0.5) is 0 Å². The Balaban J connectivity index is 1.96. The fourth-order valence-electron chi connectivity index (χ4n) is 2.06. The van der Waals surface area contributed by atoms with Gasteiger partial charge in [0.15, 0.2) is 0 Å². The highest BCUT2D eigenvalue weighted by Crippen LogP contribution is 2.27. The third-order valence-corrected chi connectivity index (χ3v) is 4.65. The Kier molecular flexibility index (Phi) is 6.97. The molecule has 22 heavy (non-hydrogen) atoms.